The van der Waals surface area contributed by atoms with Crippen molar-refractivity contribution in [2.45, 2.75) is 25.7 Å². The summed E-state index contributed by atoms with van der Waals surface area (Å²) in [5.41, 5.74) is 2.47. The molecule has 4 rings (SSSR count). The van der Waals surface area contributed by atoms with E-state index in [0.29, 0.717) is 49.5 Å². The molecular weight excluding hydrogens is 499 g/mol. The zero-order valence-corrected chi connectivity index (χ0v) is 21.2. The molecule has 1 fully saturated rings. The van der Waals surface area contributed by atoms with E-state index in [4.69, 9.17) is 11.6 Å². The van der Waals surface area contributed by atoms with Crippen LogP contribution in [0.1, 0.15) is 24.1 Å². The fourth-order valence-electron chi connectivity index (χ4n) is 5.12. The van der Waals surface area contributed by atoms with Crippen molar-refractivity contribution >= 4 is 17.6 Å². The van der Waals surface area contributed by atoms with Crippen molar-refractivity contribution in [2.75, 3.05) is 32.8 Å². The minimum absolute atomic E-state index is 0.0632. The lowest BCUT2D eigenvalue weighted by molar-refractivity contribution is -0.146. The van der Waals surface area contributed by atoms with E-state index in [2.05, 4.69) is 15.4 Å². The van der Waals surface area contributed by atoms with Crippen LogP contribution in [-0.4, -0.2) is 74.4 Å². The number of nitrogens with one attached hydrogen (secondary N) is 1. The van der Waals surface area contributed by atoms with Crippen LogP contribution in [0.3, 0.4) is 0 Å². The first kappa shape index (κ1) is 27.2. The van der Waals surface area contributed by atoms with Crippen LogP contribution in [0.25, 0.3) is 11.1 Å². The van der Waals surface area contributed by atoms with E-state index in [1.165, 1.54) is 12.1 Å². The number of aliphatic hydroxyl groups is 2. The molecule has 0 amide bonds. The summed E-state index contributed by atoms with van der Waals surface area (Å²) >= 11 is 6.05. The van der Waals surface area contributed by atoms with Crippen LogP contribution in [0.5, 0.6) is 0 Å². The zero-order valence-electron chi connectivity index (χ0n) is 20.5. The fourth-order valence-corrected chi connectivity index (χ4v) is 5.29. The number of rotatable bonds is 13. The molecule has 0 unspecified atom stereocenters. The number of aromatic amines is 1. The standard InChI is InChI=1S/C27H32ClFN4O4/c28-22-6-8-25(29)24(11-22)20-4-1-18(2-5-20)9-19(3-7-23-12-30-32-31-23)10-21(26(36)37)13-33-14-27(15-33,16-34)17-35/h1-2,4-6,8,11-12,19,21,34-35H,3,7,9-10,13-17H2,(H,36,37)(H,30,31,32)/t19-,21+/m1/s1. The van der Waals surface area contributed by atoms with Crippen LogP contribution >= 0.6 is 11.6 Å². The Balaban J connectivity index is 1.45. The van der Waals surface area contributed by atoms with Crippen LogP contribution < -0.4 is 0 Å². The lowest BCUT2D eigenvalue weighted by Crippen LogP contribution is -2.61. The van der Waals surface area contributed by atoms with Gasteiger partial charge in [0.05, 0.1) is 31.0 Å². The first-order chi connectivity index (χ1) is 17.8. The molecule has 0 bridgehead atoms. The number of likely N-dealkylation sites (tertiary alicyclic amines) is 1. The Bertz CT molecular complexity index is 1160. The van der Waals surface area contributed by atoms with Crippen molar-refractivity contribution in [1.29, 1.82) is 0 Å². The Hall–Kier alpha value is -2.85. The average Bonchev–Trinajstić information content (AvgIpc) is 3.39. The molecule has 2 aromatic carbocycles. The van der Waals surface area contributed by atoms with E-state index in [9.17, 15) is 24.5 Å². The zero-order chi connectivity index (χ0) is 26.4. The van der Waals surface area contributed by atoms with Crippen molar-refractivity contribution in [3.63, 3.8) is 0 Å². The lowest BCUT2D eigenvalue weighted by Gasteiger charge is -2.49. The maximum atomic E-state index is 14.3. The molecule has 3 aromatic rings. The summed E-state index contributed by atoms with van der Waals surface area (Å²) < 4.78 is 14.3. The van der Waals surface area contributed by atoms with Gasteiger partial charge in [0.15, 0.2) is 0 Å². The molecule has 37 heavy (non-hydrogen) atoms. The number of aryl methyl sites for hydroxylation is 1. The van der Waals surface area contributed by atoms with Crippen LogP contribution in [0.15, 0.2) is 48.7 Å². The van der Waals surface area contributed by atoms with Gasteiger partial charge in [0.2, 0.25) is 0 Å². The van der Waals surface area contributed by atoms with Crippen molar-refractivity contribution in [2.24, 2.45) is 17.3 Å². The second kappa shape index (κ2) is 12.1. The first-order valence-electron chi connectivity index (χ1n) is 12.4. The Morgan fingerprint density at radius 3 is 2.51 bits per heavy atom. The number of aliphatic hydroxyl groups excluding tert-OH is 2. The van der Waals surface area contributed by atoms with Gasteiger partial charge < -0.3 is 20.2 Å². The van der Waals surface area contributed by atoms with Crippen molar-refractivity contribution in [3.8, 4) is 11.1 Å². The highest BCUT2D eigenvalue weighted by Crippen LogP contribution is 2.32. The summed E-state index contributed by atoms with van der Waals surface area (Å²) in [6.45, 7) is 1.09. The second-order valence-corrected chi connectivity index (χ2v) is 10.6. The summed E-state index contributed by atoms with van der Waals surface area (Å²) in [4.78, 5) is 14.1. The number of carbonyl (C=O) groups is 1. The van der Waals surface area contributed by atoms with Gasteiger partial charge in [0.1, 0.15) is 5.82 Å². The van der Waals surface area contributed by atoms with Gasteiger partial charge in [0, 0.05) is 35.6 Å². The number of nitrogens with zero attached hydrogens (tertiary/aromatic N) is 3. The smallest absolute Gasteiger partial charge is 0.307 e. The number of hydrogen-bond donors (Lipinski definition) is 4. The summed E-state index contributed by atoms with van der Waals surface area (Å²) in [7, 11) is 0. The van der Waals surface area contributed by atoms with E-state index >= 15 is 0 Å². The minimum Gasteiger partial charge on any atom is -0.481 e. The molecule has 0 spiro atoms. The molecule has 1 saturated heterocycles. The Morgan fingerprint density at radius 1 is 1.16 bits per heavy atom. The molecule has 0 radical (unpaired) electrons. The second-order valence-electron chi connectivity index (χ2n) is 10.1. The predicted octanol–water partition coefficient (Wildman–Crippen LogP) is 3.43. The molecule has 0 aliphatic carbocycles. The SMILES string of the molecule is O=C(O)[C@@H](C[C@H](CCc1cn[nH]n1)Cc1ccc(-c2cc(Cl)ccc2F)cc1)CN1CC(CO)(CO)C1. The van der Waals surface area contributed by atoms with E-state index < -0.39 is 17.3 Å². The molecule has 8 nitrogen and oxygen atoms in total. The fraction of sp³-hybridized carbons (Fsp3) is 0.444. The molecule has 0 saturated carbocycles. The van der Waals surface area contributed by atoms with Crippen molar-refractivity contribution < 1.29 is 24.5 Å². The van der Waals surface area contributed by atoms with Crippen LogP contribution in [0, 0.1) is 23.1 Å². The average molecular weight is 531 g/mol. The molecule has 2 atom stereocenters. The number of aromatic nitrogens is 3. The highest BCUT2D eigenvalue weighted by atomic mass is 35.5. The van der Waals surface area contributed by atoms with Gasteiger partial charge in [-0.15, -0.1) is 0 Å². The van der Waals surface area contributed by atoms with Gasteiger partial charge in [-0.2, -0.15) is 15.4 Å². The number of halogens is 2. The van der Waals surface area contributed by atoms with Crippen LogP contribution in [0.2, 0.25) is 5.02 Å². The molecule has 1 aliphatic rings. The summed E-state index contributed by atoms with van der Waals surface area (Å²) in [5, 5.41) is 40.1. The molecule has 4 N–H and O–H groups in total. The molecule has 1 aliphatic heterocycles. The molecule has 1 aromatic heterocycles. The van der Waals surface area contributed by atoms with E-state index in [1.54, 1.807) is 12.3 Å². The monoisotopic (exact) mass is 530 g/mol. The summed E-state index contributed by atoms with van der Waals surface area (Å²) in [6.07, 6.45) is 4.21. The molecule has 2 heterocycles. The number of carboxylic acids is 1. The Labute approximate surface area is 220 Å². The quantitative estimate of drug-likeness (QED) is 0.267. The first-order valence-corrected chi connectivity index (χ1v) is 12.7. The highest BCUT2D eigenvalue weighted by Gasteiger charge is 2.43. The Morgan fingerprint density at radius 2 is 1.89 bits per heavy atom. The summed E-state index contributed by atoms with van der Waals surface area (Å²) in [6, 6.07) is 12.1. The number of H-pyrrole nitrogens is 1. The van der Waals surface area contributed by atoms with Gasteiger partial charge in [-0.1, -0.05) is 35.9 Å². The van der Waals surface area contributed by atoms with E-state index in [0.717, 1.165) is 23.2 Å². The van der Waals surface area contributed by atoms with E-state index in [1.807, 2.05) is 29.2 Å². The minimum atomic E-state index is -0.858. The summed E-state index contributed by atoms with van der Waals surface area (Å²) in [5.74, 6) is -1.72. The molecular formula is C27H32ClFN4O4. The number of carboxylic acid groups (broad SMARTS) is 1. The van der Waals surface area contributed by atoms with Gasteiger partial charge in [-0.3, -0.25) is 4.79 Å². The maximum Gasteiger partial charge on any atom is 0.307 e. The van der Waals surface area contributed by atoms with Crippen molar-refractivity contribution in [3.05, 3.63) is 70.8 Å². The normalized spacial score (nSPS) is 16.8. The van der Waals surface area contributed by atoms with Gasteiger partial charge in [-0.05, 0) is 60.9 Å². The lowest BCUT2D eigenvalue weighted by atomic mass is 9.79. The third-order valence-corrected chi connectivity index (χ3v) is 7.46. The third-order valence-electron chi connectivity index (χ3n) is 7.23. The number of hydrogen-bond acceptors (Lipinski definition) is 6. The molecule has 10 heteroatoms. The van der Waals surface area contributed by atoms with Gasteiger partial charge in [0.25, 0.3) is 0 Å². The number of aliphatic carboxylic acids is 1. The topological polar surface area (TPSA) is 123 Å². The van der Waals surface area contributed by atoms with Crippen LogP contribution in [-0.2, 0) is 17.6 Å². The number of benzene rings is 2. The predicted molar refractivity (Wildman–Crippen MR) is 138 cm³/mol. The van der Waals surface area contributed by atoms with Crippen LogP contribution in [0.4, 0.5) is 4.39 Å². The van der Waals surface area contributed by atoms with Crippen molar-refractivity contribution in [1.82, 2.24) is 20.3 Å². The van der Waals surface area contributed by atoms with Gasteiger partial charge >= 0.3 is 5.97 Å². The molecule has 198 valence electrons. The maximum absolute atomic E-state index is 14.3. The Kier molecular flexibility index (Phi) is 8.91. The highest BCUT2D eigenvalue weighted by molar-refractivity contribution is 6.30. The third kappa shape index (κ3) is 6.93. The largest absolute Gasteiger partial charge is 0.481 e. The van der Waals surface area contributed by atoms with Gasteiger partial charge in [-0.25, -0.2) is 4.39 Å². The van der Waals surface area contributed by atoms with E-state index in [-0.39, 0.29) is 24.9 Å².